The molecule has 0 atom stereocenters. The molecule has 0 fully saturated rings. The first-order valence-electron chi connectivity index (χ1n) is 7.64. The van der Waals surface area contributed by atoms with Crippen LogP contribution in [0.2, 0.25) is 0 Å². The number of rotatable bonds is 4. The Morgan fingerprint density at radius 2 is 1.77 bits per heavy atom. The third-order valence-corrected chi connectivity index (χ3v) is 3.76. The lowest BCUT2D eigenvalue weighted by molar-refractivity contribution is 0.0602. The molecular formula is C19H15NO6. The number of carbonyl (C=O) groups is 2. The van der Waals surface area contributed by atoms with E-state index in [-0.39, 0.29) is 16.8 Å². The highest BCUT2D eigenvalue weighted by molar-refractivity contribution is 6.08. The van der Waals surface area contributed by atoms with Crippen molar-refractivity contribution in [2.75, 3.05) is 19.5 Å². The lowest BCUT2D eigenvalue weighted by atomic mass is 10.1. The van der Waals surface area contributed by atoms with Gasteiger partial charge in [-0.2, -0.15) is 0 Å². The fourth-order valence-electron chi connectivity index (χ4n) is 2.46. The molecule has 0 bridgehead atoms. The lowest BCUT2D eigenvalue weighted by Crippen LogP contribution is -2.22. The van der Waals surface area contributed by atoms with Crippen molar-refractivity contribution in [3.8, 4) is 5.75 Å². The Morgan fingerprint density at radius 1 is 1.00 bits per heavy atom. The Balaban J connectivity index is 1.99. The first kappa shape index (κ1) is 17.2. The standard InChI is InChI=1S/C19H15NO6/c1-24-12-7-8-16-11(9-12)10-14(19(23)26-16)17(21)20-15-6-4-3-5-13(15)18(22)25-2/h3-10H,1-2H3,(H,20,21). The van der Waals surface area contributed by atoms with E-state index in [1.54, 1.807) is 30.3 Å². The van der Waals surface area contributed by atoms with E-state index in [0.717, 1.165) is 0 Å². The molecule has 3 rings (SSSR count). The zero-order valence-electron chi connectivity index (χ0n) is 14.1. The lowest BCUT2D eigenvalue weighted by Gasteiger charge is -2.09. The zero-order valence-corrected chi connectivity index (χ0v) is 14.1. The van der Waals surface area contributed by atoms with Crippen molar-refractivity contribution >= 4 is 28.5 Å². The Labute approximate surface area is 148 Å². The number of fused-ring (bicyclic) bond motifs is 1. The summed E-state index contributed by atoms with van der Waals surface area (Å²) in [5, 5.41) is 3.08. The van der Waals surface area contributed by atoms with Gasteiger partial charge >= 0.3 is 11.6 Å². The van der Waals surface area contributed by atoms with E-state index in [0.29, 0.717) is 16.7 Å². The second-order valence-corrected chi connectivity index (χ2v) is 5.34. The summed E-state index contributed by atoms with van der Waals surface area (Å²) in [5.41, 5.74) is -0.229. The Bertz CT molecular complexity index is 1050. The largest absolute Gasteiger partial charge is 0.497 e. The van der Waals surface area contributed by atoms with Crippen LogP contribution in [0.5, 0.6) is 5.75 Å². The molecule has 3 aromatic rings. The smallest absolute Gasteiger partial charge is 0.349 e. The first-order valence-corrected chi connectivity index (χ1v) is 7.64. The third kappa shape index (κ3) is 3.27. The second kappa shape index (κ2) is 7.10. The van der Waals surface area contributed by atoms with Gasteiger partial charge in [-0.15, -0.1) is 0 Å². The topological polar surface area (TPSA) is 94.8 Å². The molecule has 0 spiro atoms. The number of benzene rings is 2. The van der Waals surface area contributed by atoms with Crippen LogP contribution < -0.4 is 15.7 Å². The van der Waals surface area contributed by atoms with E-state index in [2.05, 4.69) is 10.1 Å². The number of para-hydroxylation sites is 1. The predicted molar refractivity (Wildman–Crippen MR) is 94.8 cm³/mol. The summed E-state index contributed by atoms with van der Waals surface area (Å²) in [6.45, 7) is 0. The van der Waals surface area contributed by atoms with Crippen LogP contribution in [0.25, 0.3) is 11.0 Å². The molecule has 1 aromatic heterocycles. The predicted octanol–water partition coefficient (Wildman–Crippen LogP) is 2.84. The Kier molecular flexibility index (Phi) is 4.70. The maximum Gasteiger partial charge on any atom is 0.349 e. The van der Waals surface area contributed by atoms with Gasteiger partial charge in [0.05, 0.1) is 25.5 Å². The maximum absolute atomic E-state index is 12.5. The molecule has 0 saturated heterocycles. The number of anilines is 1. The van der Waals surface area contributed by atoms with Gasteiger partial charge in [-0.3, -0.25) is 4.79 Å². The summed E-state index contributed by atoms with van der Waals surface area (Å²) in [5.74, 6) is -0.732. The highest BCUT2D eigenvalue weighted by Crippen LogP contribution is 2.21. The van der Waals surface area contributed by atoms with Crippen LogP contribution >= 0.6 is 0 Å². The third-order valence-electron chi connectivity index (χ3n) is 3.76. The van der Waals surface area contributed by atoms with Crippen molar-refractivity contribution in [3.63, 3.8) is 0 Å². The summed E-state index contributed by atoms with van der Waals surface area (Å²) in [7, 11) is 2.75. The van der Waals surface area contributed by atoms with E-state index in [4.69, 9.17) is 9.15 Å². The van der Waals surface area contributed by atoms with Crippen LogP contribution in [-0.4, -0.2) is 26.1 Å². The number of nitrogens with one attached hydrogen (secondary N) is 1. The molecule has 26 heavy (non-hydrogen) atoms. The minimum Gasteiger partial charge on any atom is -0.497 e. The van der Waals surface area contributed by atoms with Crippen LogP contribution in [0, 0.1) is 0 Å². The molecule has 1 heterocycles. The molecule has 1 amide bonds. The minimum absolute atomic E-state index is 0.176. The van der Waals surface area contributed by atoms with Crippen LogP contribution in [0.4, 0.5) is 5.69 Å². The fourth-order valence-corrected chi connectivity index (χ4v) is 2.46. The summed E-state index contributed by atoms with van der Waals surface area (Å²) in [6.07, 6.45) is 0. The van der Waals surface area contributed by atoms with Crippen LogP contribution in [0.3, 0.4) is 0 Å². The quantitative estimate of drug-likeness (QED) is 0.572. The van der Waals surface area contributed by atoms with E-state index in [1.807, 2.05) is 0 Å². The summed E-state index contributed by atoms with van der Waals surface area (Å²) in [4.78, 5) is 36.5. The van der Waals surface area contributed by atoms with Crippen molar-refractivity contribution in [3.05, 3.63) is 70.1 Å². The van der Waals surface area contributed by atoms with Crippen LogP contribution in [-0.2, 0) is 4.74 Å². The summed E-state index contributed by atoms with van der Waals surface area (Å²) >= 11 is 0. The monoisotopic (exact) mass is 353 g/mol. The van der Waals surface area contributed by atoms with Gasteiger partial charge in [0.25, 0.3) is 5.91 Å². The van der Waals surface area contributed by atoms with Crippen LogP contribution in [0.15, 0.2) is 57.7 Å². The van der Waals surface area contributed by atoms with Crippen molar-refractivity contribution in [2.45, 2.75) is 0 Å². The van der Waals surface area contributed by atoms with Crippen molar-refractivity contribution in [2.24, 2.45) is 0 Å². The highest BCUT2D eigenvalue weighted by Gasteiger charge is 2.18. The number of esters is 1. The Morgan fingerprint density at radius 3 is 2.50 bits per heavy atom. The molecule has 0 unspecified atom stereocenters. The number of carbonyl (C=O) groups excluding carboxylic acids is 2. The normalized spacial score (nSPS) is 10.4. The first-order chi connectivity index (χ1) is 12.5. The minimum atomic E-state index is -0.782. The molecule has 0 aliphatic carbocycles. The van der Waals surface area contributed by atoms with Crippen molar-refractivity contribution < 1.29 is 23.5 Å². The van der Waals surface area contributed by atoms with Crippen molar-refractivity contribution in [1.29, 1.82) is 0 Å². The molecule has 132 valence electrons. The average Bonchev–Trinajstić information content (AvgIpc) is 2.66. The summed E-state index contributed by atoms with van der Waals surface area (Å²) in [6, 6.07) is 12.6. The van der Waals surface area contributed by atoms with Crippen LogP contribution in [0.1, 0.15) is 20.7 Å². The molecule has 7 nitrogen and oxygen atoms in total. The SMILES string of the molecule is COC(=O)c1ccccc1NC(=O)c1cc2cc(OC)ccc2oc1=O. The number of hydrogen-bond acceptors (Lipinski definition) is 6. The molecule has 0 radical (unpaired) electrons. The number of methoxy groups -OCH3 is 2. The molecule has 0 aliphatic heterocycles. The molecular weight excluding hydrogens is 338 g/mol. The van der Waals surface area contributed by atoms with E-state index >= 15 is 0 Å². The van der Waals surface area contributed by atoms with Gasteiger partial charge in [-0.25, -0.2) is 9.59 Å². The summed E-state index contributed by atoms with van der Waals surface area (Å²) < 4.78 is 15.0. The van der Waals surface area contributed by atoms with Crippen molar-refractivity contribution in [1.82, 2.24) is 0 Å². The zero-order chi connectivity index (χ0) is 18.7. The van der Waals surface area contributed by atoms with Gasteiger partial charge in [0.1, 0.15) is 16.9 Å². The van der Waals surface area contributed by atoms with Gasteiger partial charge in [0, 0.05) is 5.39 Å². The van der Waals surface area contributed by atoms with Gasteiger partial charge in [0.15, 0.2) is 0 Å². The van der Waals surface area contributed by atoms with Gasteiger partial charge in [-0.05, 0) is 36.4 Å². The highest BCUT2D eigenvalue weighted by atomic mass is 16.5. The van der Waals surface area contributed by atoms with E-state index < -0.39 is 17.5 Å². The molecule has 2 aromatic carbocycles. The van der Waals surface area contributed by atoms with Gasteiger partial charge < -0.3 is 19.2 Å². The molecule has 0 saturated carbocycles. The average molecular weight is 353 g/mol. The second-order valence-electron chi connectivity index (χ2n) is 5.34. The van der Waals surface area contributed by atoms with E-state index in [9.17, 15) is 14.4 Å². The maximum atomic E-state index is 12.5. The number of hydrogen-bond donors (Lipinski definition) is 1. The molecule has 7 heteroatoms. The number of amides is 1. The fraction of sp³-hybridized carbons (Fsp3) is 0.105. The Hall–Kier alpha value is -3.61. The molecule has 1 N–H and O–H groups in total. The number of ether oxygens (including phenoxy) is 2. The van der Waals surface area contributed by atoms with E-state index in [1.165, 1.54) is 32.4 Å². The molecule has 0 aliphatic rings. The van der Waals surface area contributed by atoms with Gasteiger partial charge in [-0.1, -0.05) is 12.1 Å². The van der Waals surface area contributed by atoms with Gasteiger partial charge in [0.2, 0.25) is 0 Å².